The van der Waals surface area contributed by atoms with Crippen LogP contribution >= 0.6 is 0 Å². The summed E-state index contributed by atoms with van der Waals surface area (Å²) in [5, 5.41) is 3.43. The van der Waals surface area contributed by atoms with Crippen LogP contribution in [0.2, 0.25) is 0 Å². The first kappa shape index (κ1) is 28.5. The Hall–Kier alpha value is -3.99. The monoisotopic (exact) mass is 560 g/mol. The Balaban J connectivity index is 1.38. The largest absolute Gasteiger partial charge is 0.462 e. The number of rotatable bonds is 12. The van der Waals surface area contributed by atoms with E-state index in [1.165, 1.54) is 5.57 Å². The van der Waals surface area contributed by atoms with Gasteiger partial charge in [0.2, 0.25) is 5.95 Å². The van der Waals surface area contributed by atoms with Crippen molar-refractivity contribution in [2.24, 2.45) is 5.92 Å². The summed E-state index contributed by atoms with van der Waals surface area (Å²) in [5.41, 5.74) is 4.72. The van der Waals surface area contributed by atoms with Crippen molar-refractivity contribution in [3.63, 3.8) is 0 Å². The fourth-order valence-electron chi connectivity index (χ4n) is 4.99. The Bertz CT molecular complexity index is 1510. The number of nitrogens with zero attached hydrogens (tertiary/aromatic N) is 6. The van der Waals surface area contributed by atoms with Crippen molar-refractivity contribution in [2.45, 2.75) is 60.0 Å². The second-order valence-corrected chi connectivity index (χ2v) is 10.8. The van der Waals surface area contributed by atoms with Gasteiger partial charge >= 0.3 is 5.97 Å². The number of aromatic amines is 1. The zero-order chi connectivity index (χ0) is 28.8. The van der Waals surface area contributed by atoms with Crippen LogP contribution in [-0.4, -0.2) is 68.4 Å². The molecule has 0 amide bonds. The first-order valence-corrected chi connectivity index (χ1v) is 14.5. The predicted molar refractivity (Wildman–Crippen MR) is 160 cm³/mol. The summed E-state index contributed by atoms with van der Waals surface area (Å²) in [4.78, 5) is 37.1. The number of fused-ring (bicyclic) bond motifs is 2. The molecule has 0 saturated carbocycles. The van der Waals surface area contributed by atoms with E-state index in [9.17, 15) is 4.79 Å². The van der Waals surface area contributed by atoms with Gasteiger partial charge in [-0.15, -0.1) is 0 Å². The molecule has 11 nitrogen and oxygen atoms in total. The number of hydrogen-bond acceptors (Lipinski definition) is 9. The number of ether oxygens (including phenoxy) is 2. The highest BCUT2D eigenvalue weighted by atomic mass is 16.5. The fourth-order valence-corrected chi connectivity index (χ4v) is 4.99. The first-order chi connectivity index (χ1) is 19.9. The molecule has 2 N–H and O–H groups in total. The number of hydrogen-bond donors (Lipinski definition) is 2. The van der Waals surface area contributed by atoms with E-state index in [0.717, 1.165) is 55.6 Å². The van der Waals surface area contributed by atoms with Crippen molar-refractivity contribution >= 4 is 39.9 Å². The molecule has 0 bridgehead atoms. The van der Waals surface area contributed by atoms with E-state index >= 15 is 0 Å². The van der Waals surface area contributed by atoms with Crippen molar-refractivity contribution in [1.29, 1.82) is 0 Å². The van der Waals surface area contributed by atoms with Crippen molar-refractivity contribution < 1.29 is 14.3 Å². The fraction of sp³-hybridized carbons (Fsp3) is 0.500. The summed E-state index contributed by atoms with van der Waals surface area (Å²) >= 11 is 0. The number of esters is 1. The molecule has 0 aliphatic carbocycles. The minimum absolute atomic E-state index is 0.310. The van der Waals surface area contributed by atoms with Gasteiger partial charge in [0.05, 0.1) is 43.8 Å². The van der Waals surface area contributed by atoms with Gasteiger partial charge in [0, 0.05) is 19.6 Å². The van der Waals surface area contributed by atoms with Crippen LogP contribution in [0.25, 0.3) is 22.2 Å². The van der Waals surface area contributed by atoms with Gasteiger partial charge in [-0.1, -0.05) is 24.6 Å². The average molecular weight is 561 g/mol. The summed E-state index contributed by atoms with van der Waals surface area (Å²) in [6, 6.07) is 5.45. The van der Waals surface area contributed by atoms with Gasteiger partial charge in [-0.2, -0.15) is 9.97 Å². The Morgan fingerprint density at radius 1 is 1.17 bits per heavy atom. The Morgan fingerprint density at radius 2 is 2.00 bits per heavy atom. The molecule has 4 heterocycles. The molecule has 218 valence electrons. The molecule has 1 aliphatic heterocycles. The molecule has 5 rings (SSSR count). The molecular weight excluding hydrogens is 520 g/mol. The lowest BCUT2D eigenvalue weighted by atomic mass is 10.0. The summed E-state index contributed by atoms with van der Waals surface area (Å²) in [5.74, 6) is 2.21. The second-order valence-electron chi connectivity index (χ2n) is 10.8. The smallest absolute Gasteiger partial charge is 0.340 e. The number of allylic oxidation sites excluding steroid dienone is 2. The third-order valence-corrected chi connectivity index (χ3v) is 7.30. The van der Waals surface area contributed by atoms with Crippen LogP contribution in [0.15, 0.2) is 36.2 Å². The Kier molecular flexibility index (Phi) is 9.13. The van der Waals surface area contributed by atoms with E-state index < -0.39 is 0 Å². The van der Waals surface area contributed by atoms with Crippen LogP contribution in [0.5, 0.6) is 0 Å². The molecule has 1 saturated heterocycles. The molecule has 41 heavy (non-hydrogen) atoms. The van der Waals surface area contributed by atoms with E-state index in [1.807, 2.05) is 18.5 Å². The maximum absolute atomic E-state index is 12.4. The Labute approximate surface area is 240 Å². The van der Waals surface area contributed by atoms with Gasteiger partial charge < -0.3 is 29.2 Å². The van der Waals surface area contributed by atoms with Crippen molar-refractivity contribution in [1.82, 2.24) is 29.5 Å². The van der Waals surface area contributed by atoms with Gasteiger partial charge in [-0.3, -0.25) is 0 Å². The van der Waals surface area contributed by atoms with Crippen LogP contribution in [-0.2, 0) is 22.6 Å². The maximum Gasteiger partial charge on any atom is 0.340 e. The van der Waals surface area contributed by atoms with E-state index in [4.69, 9.17) is 29.4 Å². The van der Waals surface area contributed by atoms with Gasteiger partial charge in [-0.25, -0.2) is 14.8 Å². The number of para-hydroxylation sites is 1. The molecule has 1 fully saturated rings. The van der Waals surface area contributed by atoms with Crippen molar-refractivity contribution in [3.05, 3.63) is 47.6 Å². The number of aryl methyl sites for hydroxylation is 1. The molecule has 4 aromatic rings. The minimum Gasteiger partial charge on any atom is -0.462 e. The first-order valence-electron chi connectivity index (χ1n) is 14.5. The zero-order valence-corrected chi connectivity index (χ0v) is 24.4. The standard InChI is InChI=1S/C30H40N8O3/c1-5-41-29(39)22-10-7-11-23-25(22)34-24(33-23)18-31-27-26-28(36-30(35-27)37-14-16-40-17-15-37)38(19-32-26)13-12-21(4)9-6-8-20(2)3/h7-8,10-11,19,21H,5-6,9,12-18H2,1-4H3,(H,33,34)(H,31,35,36). The molecule has 1 aromatic carbocycles. The van der Waals surface area contributed by atoms with E-state index in [1.54, 1.807) is 13.0 Å². The predicted octanol–water partition coefficient (Wildman–Crippen LogP) is 5.10. The lowest BCUT2D eigenvalue weighted by Gasteiger charge is -2.27. The summed E-state index contributed by atoms with van der Waals surface area (Å²) in [7, 11) is 0. The Morgan fingerprint density at radius 3 is 2.78 bits per heavy atom. The molecule has 1 atom stereocenters. The number of H-pyrrole nitrogens is 1. The third kappa shape index (κ3) is 6.84. The minimum atomic E-state index is -0.381. The summed E-state index contributed by atoms with van der Waals surface area (Å²) in [6.07, 6.45) is 7.48. The van der Waals surface area contributed by atoms with E-state index in [-0.39, 0.29) is 5.97 Å². The lowest BCUT2D eigenvalue weighted by Crippen LogP contribution is -2.37. The van der Waals surface area contributed by atoms with Crippen LogP contribution < -0.4 is 10.2 Å². The summed E-state index contributed by atoms with van der Waals surface area (Å²) in [6.45, 7) is 12.7. The number of imidazole rings is 2. The normalized spacial score (nSPS) is 14.4. The number of benzene rings is 1. The van der Waals surface area contributed by atoms with Gasteiger partial charge in [0.1, 0.15) is 11.3 Å². The second kappa shape index (κ2) is 13.1. The number of morpholine rings is 1. The molecule has 0 spiro atoms. The van der Waals surface area contributed by atoms with Crippen LogP contribution in [0.3, 0.4) is 0 Å². The van der Waals surface area contributed by atoms with Gasteiger partial charge in [0.15, 0.2) is 17.0 Å². The highest BCUT2D eigenvalue weighted by molar-refractivity contribution is 6.02. The van der Waals surface area contributed by atoms with E-state index in [0.29, 0.717) is 61.0 Å². The SMILES string of the molecule is CCOC(=O)c1cccc2[nH]c(CNc3nc(N4CCOCC4)nc4c3ncn4CCC(C)CCC=C(C)C)nc12. The number of nitrogens with one attached hydrogen (secondary N) is 2. The number of anilines is 2. The van der Waals surface area contributed by atoms with Crippen LogP contribution in [0.1, 0.15) is 63.1 Å². The highest BCUT2D eigenvalue weighted by Gasteiger charge is 2.20. The molecule has 11 heteroatoms. The van der Waals surface area contributed by atoms with Gasteiger partial charge in [0.25, 0.3) is 0 Å². The highest BCUT2D eigenvalue weighted by Crippen LogP contribution is 2.25. The average Bonchev–Trinajstić information content (AvgIpc) is 3.59. The third-order valence-electron chi connectivity index (χ3n) is 7.30. The molecule has 1 aliphatic rings. The number of carbonyl (C=O) groups excluding carboxylic acids is 1. The topological polar surface area (TPSA) is 123 Å². The van der Waals surface area contributed by atoms with Crippen molar-refractivity contribution in [3.8, 4) is 0 Å². The van der Waals surface area contributed by atoms with Crippen molar-refractivity contribution in [2.75, 3.05) is 43.1 Å². The molecular formula is C30H40N8O3. The summed E-state index contributed by atoms with van der Waals surface area (Å²) < 4.78 is 12.9. The van der Waals surface area contributed by atoms with Crippen LogP contribution in [0.4, 0.5) is 11.8 Å². The zero-order valence-electron chi connectivity index (χ0n) is 24.4. The molecule has 1 unspecified atom stereocenters. The molecule has 0 radical (unpaired) electrons. The number of carbonyl (C=O) groups is 1. The van der Waals surface area contributed by atoms with Gasteiger partial charge in [-0.05, 0) is 58.1 Å². The number of aromatic nitrogens is 6. The van der Waals surface area contributed by atoms with E-state index in [2.05, 4.69) is 46.6 Å². The quantitative estimate of drug-likeness (QED) is 0.180. The molecule has 3 aromatic heterocycles. The lowest BCUT2D eigenvalue weighted by molar-refractivity contribution is 0.0528. The van der Waals surface area contributed by atoms with Crippen LogP contribution in [0, 0.1) is 5.92 Å². The maximum atomic E-state index is 12.4.